The monoisotopic (exact) mass is 321 g/mol. The number of ether oxygens (including phenoxy) is 2. The Hall–Kier alpha value is -2.01. The van der Waals surface area contributed by atoms with Crippen molar-refractivity contribution < 1.29 is 14.3 Å². The molecule has 0 bridgehead atoms. The van der Waals surface area contributed by atoms with Gasteiger partial charge in [-0.25, -0.2) is 4.79 Å². The predicted molar refractivity (Wildman–Crippen MR) is 76.4 cm³/mol. The highest BCUT2D eigenvalue weighted by atomic mass is 79.9. The molecule has 5 heteroatoms. The number of anilines is 1. The van der Waals surface area contributed by atoms with Crippen molar-refractivity contribution in [3.63, 3.8) is 0 Å². The summed E-state index contributed by atoms with van der Waals surface area (Å²) in [5.74, 6) is 0.376. The van der Waals surface area contributed by atoms with Crippen LogP contribution in [-0.2, 0) is 4.74 Å². The zero-order valence-electron chi connectivity index (χ0n) is 10.2. The number of nitrogens with two attached hydrogens (primary N) is 1. The summed E-state index contributed by atoms with van der Waals surface area (Å²) in [5.41, 5.74) is 6.53. The number of carbonyl (C=O) groups is 1. The Kier molecular flexibility index (Phi) is 4.06. The Balaban J connectivity index is 2.45. The van der Waals surface area contributed by atoms with Gasteiger partial charge in [-0.05, 0) is 40.2 Å². The van der Waals surface area contributed by atoms with Crippen LogP contribution in [0.2, 0.25) is 0 Å². The number of hydrogen-bond donors (Lipinski definition) is 1. The minimum atomic E-state index is -0.491. The van der Waals surface area contributed by atoms with E-state index in [1.807, 2.05) is 18.2 Å². The second-order valence-electron chi connectivity index (χ2n) is 3.75. The van der Waals surface area contributed by atoms with Crippen molar-refractivity contribution in [2.75, 3.05) is 12.8 Å². The first-order valence-electron chi connectivity index (χ1n) is 5.52. The molecule has 0 aliphatic rings. The van der Waals surface area contributed by atoms with Gasteiger partial charge in [0.15, 0.2) is 5.75 Å². The van der Waals surface area contributed by atoms with E-state index in [4.69, 9.17) is 15.2 Å². The fraction of sp³-hybridized carbons (Fsp3) is 0.0714. The molecule has 0 aliphatic carbocycles. The van der Waals surface area contributed by atoms with E-state index in [9.17, 15) is 4.79 Å². The van der Waals surface area contributed by atoms with Gasteiger partial charge in [-0.3, -0.25) is 0 Å². The molecule has 0 saturated heterocycles. The molecule has 0 radical (unpaired) electrons. The molecule has 0 unspecified atom stereocenters. The van der Waals surface area contributed by atoms with E-state index in [2.05, 4.69) is 15.9 Å². The third-order valence-corrected chi connectivity index (χ3v) is 3.15. The molecule has 0 aliphatic heterocycles. The van der Waals surface area contributed by atoms with E-state index in [1.54, 1.807) is 24.3 Å². The van der Waals surface area contributed by atoms with Crippen molar-refractivity contribution in [3.8, 4) is 11.5 Å². The minimum absolute atomic E-state index is 0.290. The molecule has 4 nitrogen and oxygen atoms in total. The lowest BCUT2D eigenvalue weighted by molar-refractivity contribution is 0.0598. The van der Waals surface area contributed by atoms with Crippen LogP contribution in [0.3, 0.4) is 0 Å². The Morgan fingerprint density at radius 2 is 1.89 bits per heavy atom. The molecule has 0 heterocycles. The SMILES string of the molecule is COC(=O)c1cccc(N)c1Oc1ccccc1Br. The van der Waals surface area contributed by atoms with Crippen molar-refractivity contribution in [1.29, 1.82) is 0 Å². The number of halogens is 1. The highest BCUT2D eigenvalue weighted by Gasteiger charge is 2.17. The molecule has 0 fully saturated rings. The Morgan fingerprint density at radius 1 is 1.16 bits per heavy atom. The quantitative estimate of drug-likeness (QED) is 0.693. The van der Waals surface area contributed by atoms with Crippen LogP contribution < -0.4 is 10.5 Å². The van der Waals surface area contributed by atoms with Crippen LogP contribution in [0, 0.1) is 0 Å². The lowest BCUT2D eigenvalue weighted by atomic mass is 10.1. The summed E-state index contributed by atoms with van der Waals surface area (Å²) in [5, 5.41) is 0. The largest absolute Gasteiger partial charge is 0.465 e. The average molecular weight is 322 g/mol. The molecule has 2 N–H and O–H groups in total. The van der Waals surface area contributed by atoms with Crippen LogP contribution in [0.5, 0.6) is 11.5 Å². The Labute approximate surface area is 119 Å². The van der Waals surface area contributed by atoms with Crippen molar-refractivity contribution >= 4 is 27.6 Å². The summed E-state index contributed by atoms with van der Waals surface area (Å²) in [4.78, 5) is 11.7. The Bertz CT molecular complexity index is 613. The Morgan fingerprint density at radius 3 is 2.58 bits per heavy atom. The number of para-hydroxylation sites is 2. The fourth-order valence-electron chi connectivity index (χ4n) is 1.58. The van der Waals surface area contributed by atoms with Gasteiger partial charge in [0.25, 0.3) is 0 Å². The lowest BCUT2D eigenvalue weighted by Crippen LogP contribution is -2.05. The number of hydrogen-bond acceptors (Lipinski definition) is 4. The van der Waals surface area contributed by atoms with Crippen molar-refractivity contribution in [2.45, 2.75) is 0 Å². The predicted octanol–water partition coefficient (Wildman–Crippen LogP) is 3.61. The second-order valence-corrected chi connectivity index (χ2v) is 4.60. The zero-order valence-corrected chi connectivity index (χ0v) is 11.8. The van der Waals surface area contributed by atoms with E-state index < -0.39 is 5.97 Å². The summed E-state index contributed by atoms with van der Waals surface area (Å²) in [6, 6.07) is 12.3. The maximum atomic E-state index is 11.7. The number of benzene rings is 2. The molecule has 2 rings (SSSR count). The first kappa shape index (κ1) is 13.4. The van der Waals surface area contributed by atoms with Gasteiger partial charge in [-0.1, -0.05) is 18.2 Å². The van der Waals surface area contributed by atoms with E-state index in [-0.39, 0.29) is 0 Å². The molecule has 2 aromatic rings. The van der Waals surface area contributed by atoms with Gasteiger partial charge < -0.3 is 15.2 Å². The molecule has 0 atom stereocenters. The van der Waals surface area contributed by atoms with E-state index in [0.29, 0.717) is 22.7 Å². The number of esters is 1. The number of rotatable bonds is 3. The minimum Gasteiger partial charge on any atom is -0.465 e. The van der Waals surface area contributed by atoms with E-state index in [1.165, 1.54) is 7.11 Å². The first-order chi connectivity index (χ1) is 9.13. The summed E-state index contributed by atoms with van der Waals surface area (Å²) < 4.78 is 11.2. The van der Waals surface area contributed by atoms with Crippen molar-refractivity contribution in [1.82, 2.24) is 0 Å². The normalized spacial score (nSPS) is 10.0. The van der Waals surface area contributed by atoms with Gasteiger partial charge in [-0.2, -0.15) is 0 Å². The summed E-state index contributed by atoms with van der Waals surface area (Å²) >= 11 is 3.37. The molecular formula is C14H12BrNO3. The second kappa shape index (κ2) is 5.75. The van der Waals surface area contributed by atoms with Gasteiger partial charge in [0.05, 0.1) is 17.3 Å². The zero-order chi connectivity index (χ0) is 13.8. The van der Waals surface area contributed by atoms with Gasteiger partial charge in [0, 0.05) is 0 Å². The van der Waals surface area contributed by atoms with Gasteiger partial charge in [0.2, 0.25) is 0 Å². The molecule has 0 aromatic heterocycles. The van der Waals surface area contributed by atoms with E-state index in [0.717, 1.165) is 4.47 Å². The standard InChI is InChI=1S/C14H12BrNO3/c1-18-14(17)9-5-4-7-11(16)13(9)19-12-8-3-2-6-10(12)15/h2-8H,16H2,1H3. The van der Waals surface area contributed by atoms with Crippen LogP contribution in [-0.4, -0.2) is 13.1 Å². The third-order valence-electron chi connectivity index (χ3n) is 2.50. The van der Waals surface area contributed by atoms with Crippen LogP contribution in [0.4, 0.5) is 5.69 Å². The van der Waals surface area contributed by atoms with Crippen LogP contribution in [0.25, 0.3) is 0 Å². The molecule has 19 heavy (non-hydrogen) atoms. The molecule has 0 amide bonds. The maximum absolute atomic E-state index is 11.7. The highest BCUT2D eigenvalue weighted by Crippen LogP contribution is 2.35. The lowest BCUT2D eigenvalue weighted by Gasteiger charge is -2.13. The number of methoxy groups -OCH3 is 1. The molecule has 0 spiro atoms. The number of nitrogen functional groups attached to an aromatic ring is 1. The summed E-state index contributed by atoms with van der Waals surface area (Å²) in [6.45, 7) is 0. The number of carbonyl (C=O) groups excluding carboxylic acids is 1. The van der Waals surface area contributed by atoms with Crippen LogP contribution >= 0.6 is 15.9 Å². The van der Waals surface area contributed by atoms with Gasteiger partial charge in [0.1, 0.15) is 11.3 Å². The maximum Gasteiger partial charge on any atom is 0.341 e. The first-order valence-corrected chi connectivity index (χ1v) is 6.32. The van der Waals surface area contributed by atoms with Gasteiger partial charge in [-0.15, -0.1) is 0 Å². The summed E-state index contributed by atoms with van der Waals surface area (Å²) in [7, 11) is 1.31. The smallest absolute Gasteiger partial charge is 0.341 e. The third kappa shape index (κ3) is 2.88. The van der Waals surface area contributed by atoms with Crippen molar-refractivity contribution in [3.05, 3.63) is 52.5 Å². The molecular weight excluding hydrogens is 310 g/mol. The highest BCUT2D eigenvalue weighted by molar-refractivity contribution is 9.10. The molecule has 98 valence electrons. The van der Waals surface area contributed by atoms with E-state index >= 15 is 0 Å². The fourth-order valence-corrected chi connectivity index (χ4v) is 1.94. The summed E-state index contributed by atoms with van der Waals surface area (Å²) in [6.07, 6.45) is 0. The average Bonchev–Trinajstić information content (AvgIpc) is 2.42. The van der Waals surface area contributed by atoms with Crippen molar-refractivity contribution in [2.24, 2.45) is 0 Å². The molecule has 0 saturated carbocycles. The van der Waals surface area contributed by atoms with Gasteiger partial charge >= 0.3 is 5.97 Å². The van der Waals surface area contributed by atoms with Crippen LogP contribution in [0.15, 0.2) is 46.9 Å². The van der Waals surface area contributed by atoms with Crippen LogP contribution in [0.1, 0.15) is 10.4 Å². The topological polar surface area (TPSA) is 61.5 Å². The molecule has 2 aromatic carbocycles.